The Kier molecular flexibility index (Phi) is 3.23. The highest BCUT2D eigenvalue weighted by molar-refractivity contribution is 6.33. The average Bonchev–Trinajstić information content (AvgIpc) is 2.16. The molecule has 0 saturated carbocycles. The molecule has 0 radical (unpaired) electrons. The zero-order valence-electron chi connectivity index (χ0n) is 8.36. The van der Waals surface area contributed by atoms with E-state index >= 15 is 0 Å². The number of rotatable bonds is 3. The first-order valence-corrected chi connectivity index (χ1v) is 5.36. The van der Waals surface area contributed by atoms with Crippen LogP contribution in [0.25, 0.3) is 0 Å². The summed E-state index contributed by atoms with van der Waals surface area (Å²) in [7, 11) is 0. The van der Waals surface area contributed by atoms with E-state index in [0.29, 0.717) is 5.02 Å². The third kappa shape index (κ3) is 2.30. The molecule has 0 bridgehead atoms. The molecular weight excluding hydrogens is 212 g/mol. The fourth-order valence-corrected chi connectivity index (χ4v) is 1.95. The number of hydrogen-bond donors (Lipinski definition) is 1. The molecule has 0 aromatic heterocycles. The van der Waals surface area contributed by atoms with Gasteiger partial charge in [0.1, 0.15) is 0 Å². The van der Waals surface area contributed by atoms with Gasteiger partial charge in [0.15, 0.2) is 0 Å². The zero-order valence-corrected chi connectivity index (χ0v) is 9.11. The van der Waals surface area contributed by atoms with Crippen molar-refractivity contribution in [2.45, 2.75) is 13.0 Å². The molecule has 1 N–H and O–H groups in total. The first-order chi connectivity index (χ1) is 7.31. The molecule has 0 spiro atoms. The van der Waals surface area contributed by atoms with E-state index in [-0.39, 0.29) is 0 Å². The summed E-state index contributed by atoms with van der Waals surface area (Å²) >= 11 is 6.03. The van der Waals surface area contributed by atoms with Crippen LogP contribution in [0.5, 0.6) is 0 Å². The van der Waals surface area contributed by atoms with Crippen LogP contribution in [0, 0.1) is 0 Å². The average molecular weight is 225 g/mol. The molecule has 80 valence electrons. The molecule has 1 fully saturated rings. The summed E-state index contributed by atoms with van der Waals surface area (Å²) in [5.41, 5.74) is 1.92. The zero-order chi connectivity index (χ0) is 10.7. The van der Waals surface area contributed by atoms with E-state index in [2.05, 4.69) is 10.1 Å². The molecule has 1 aromatic rings. The van der Waals surface area contributed by atoms with Gasteiger partial charge in [-0.15, -0.1) is 0 Å². The third-order valence-electron chi connectivity index (χ3n) is 2.67. The van der Waals surface area contributed by atoms with Crippen molar-refractivity contribution in [2.24, 2.45) is 5.16 Å². The Hall–Kier alpha value is -1.06. The van der Waals surface area contributed by atoms with Crippen LogP contribution in [0.1, 0.15) is 17.5 Å². The van der Waals surface area contributed by atoms with Crippen molar-refractivity contribution in [1.82, 2.24) is 4.90 Å². The van der Waals surface area contributed by atoms with E-state index in [4.69, 9.17) is 16.8 Å². The Bertz CT molecular complexity index is 375. The molecule has 3 nitrogen and oxygen atoms in total. The van der Waals surface area contributed by atoms with Gasteiger partial charge in [0, 0.05) is 17.1 Å². The van der Waals surface area contributed by atoms with Gasteiger partial charge in [0.2, 0.25) is 0 Å². The van der Waals surface area contributed by atoms with Crippen LogP contribution < -0.4 is 0 Å². The lowest BCUT2D eigenvalue weighted by Crippen LogP contribution is -2.36. The Morgan fingerprint density at radius 3 is 2.87 bits per heavy atom. The van der Waals surface area contributed by atoms with Crippen LogP contribution in [0.4, 0.5) is 0 Å². The topological polar surface area (TPSA) is 35.8 Å². The SMILES string of the molecule is ON=Cc1c(Cl)cccc1CN1CCC1. The second-order valence-electron chi connectivity index (χ2n) is 3.69. The molecule has 15 heavy (non-hydrogen) atoms. The van der Waals surface area contributed by atoms with Gasteiger partial charge in [-0.1, -0.05) is 28.9 Å². The second kappa shape index (κ2) is 4.64. The van der Waals surface area contributed by atoms with Gasteiger partial charge in [-0.2, -0.15) is 0 Å². The number of nitrogens with zero attached hydrogens (tertiary/aromatic N) is 2. The lowest BCUT2D eigenvalue weighted by atomic mass is 10.1. The van der Waals surface area contributed by atoms with Crippen LogP contribution in [-0.4, -0.2) is 29.4 Å². The van der Waals surface area contributed by atoms with Crippen LogP contribution in [0.3, 0.4) is 0 Å². The van der Waals surface area contributed by atoms with Gasteiger partial charge in [0.25, 0.3) is 0 Å². The highest BCUT2D eigenvalue weighted by atomic mass is 35.5. The Morgan fingerprint density at radius 1 is 1.47 bits per heavy atom. The normalized spacial score (nSPS) is 16.9. The summed E-state index contributed by atoms with van der Waals surface area (Å²) in [4.78, 5) is 2.33. The van der Waals surface area contributed by atoms with Crippen LogP contribution in [-0.2, 0) is 6.54 Å². The number of likely N-dealkylation sites (tertiary alicyclic amines) is 1. The molecule has 1 aliphatic rings. The lowest BCUT2D eigenvalue weighted by Gasteiger charge is -2.31. The molecule has 0 amide bonds. The van der Waals surface area contributed by atoms with Crippen molar-refractivity contribution < 1.29 is 5.21 Å². The van der Waals surface area contributed by atoms with Crippen molar-refractivity contribution >= 4 is 17.8 Å². The molecule has 0 unspecified atom stereocenters. The molecule has 4 heteroatoms. The Labute approximate surface area is 94.0 Å². The maximum atomic E-state index is 8.57. The molecule has 1 aliphatic heterocycles. The summed E-state index contributed by atoms with van der Waals surface area (Å²) in [5, 5.41) is 12.3. The van der Waals surface area contributed by atoms with Gasteiger partial charge in [-0.3, -0.25) is 4.90 Å². The summed E-state index contributed by atoms with van der Waals surface area (Å²) < 4.78 is 0. The number of hydrogen-bond acceptors (Lipinski definition) is 3. The molecule has 1 heterocycles. The standard InChI is InChI=1S/C11H13ClN2O/c12-11-4-1-3-9(10(11)7-13-15)8-14-5-2-6-14/h1,3-4,7,15H,2,5-6,8H2. The minimum Gasteiger partial charge on any atom is -0.411 e. The quantitative estimate of drug-likeness (QED) is 0.486. The van der Waals surface area contributed by atoms with Gasteiger partial charge < -0.3 is 5.21 Å². The summed E-state index contributed by atoms with van der Waals surface area (Å²) in [6, 6.07) is 5.74. The molecule has 1 aromatic carbocycles. The fourth-order valence-electron chi connectivity index (χ4n) is 1.70. The van der Waals surface area contributed by atoms with Crippen molar-refractivity contribution in [3.63, 3.8) is 0 Å². The minimum absolute atomic E-state index is 0.630. The molecule has 2 rings (SSSR count). The van der Waals surface area contributed by atoms with E-state index in [1.165, 1.54) is 12.6 Å². The van der Waals surface area contributed by atoms with E-state index in [1.54, 1.807) is 6.07 Å². The van der Waals surface area contributed by atoms with Crippen molar-refractivity contribution in [1.29, 1.82) is 0 Å². The summed E-state index contributed by atoms with van der Waals surface area (Å²) in [6.07, 6.45) is 2.67. The summed E-state index contributed by atoms with van der Waals surface area (Å²) in [5.74, 6) is 0. The smallest absolute Gasteiger partial charge is 0.0752 e. The number of benzene rings is 1. The minimum atomic E-state index is 0.630. The largest absolute Gasteiger partial charge is 0.411 e. The molecule has 0 aliphatic carbocycles. The number of oxime groups is 1. The predicted octanol–water partition coefficient (Wildman–Crippen LogP) is 2.35. The maximum Gasteiger partial charge on any atom is 0.0752 e. The Balaban J connectivity index is 2.23. The van der Waals surface area contributed by atoms with E-state index in [1.807, 2.05) is 12.1 Å². The van der Waals surface area contributed by atoms with Crippen molar-refractivity contribution in [3.8, 4) is 0 Å². The van der Waals surface area contributed by atoms with Gasteiger partial charge in [-0.25, -0.2) is 0 Å². The van der Waals surface area contributed by atoms with Crippen LogP contribution in [0.15, 0.2) is 23.4 Å². The van der Waals surface area contributed by atoms with E-state index in [9.17, 15) is 0 Å². The van der Waals surface area contributed by atoms with E-state index < -0.39 is 0 Å². The lowest BCUT2D eigenvalue weighted by molar-refractivity contribution is 0.172. The molecule has 1 saturated heterocycles. The van der Waals surface area contributed by atoms with Gasteiger partial charge >= 0.3 is 0 Å². The van der Waals surface area contributed by atoms with E-state index in [0.717, 1.165) is 30.8 Å². The van der Waals surface area contributed by atoms with Crippen molar-refractivity contribution in [2.75, 3.05) is 13.1 Å². The second-order valence-corrected chi connectivity index (χ2v) is 4.09. The predicted molar refractivity (Wildman–Crippen MR) is 60.7 cm³/mol. The first kappa shape index (κ1) is 10.5. The van der Waals surface area contributed by atoms with Gasteiger partial charge in [0.05, 0.1) is 6.21 Å². The third-order valence-corrected chi connectivity index (χ3v) is 3.00. The number of halogens is 1. The summed E-state index contributed by atoms with van der Waals surface area (Å²) in [6.45, 7) is 3.16. The van der Waals surface area contributed by atoms with Gasteiger partial charge in [-0.05, 0) is 31.1 Å². The molecular formula is C11H13ClN2O. The molecule has 0 atom stereocenters. The maximum absolute atomic E-state index is 8.57. The van der Waals surface area contributed by atoms with Crippen LogP contribution >= 0.6 is 11.6 Å². The van der Waals surface area contributed by atoms with Crippen LogP contribution in [0.2, 0.25) is 5.02 Å². The fraction of sp³-hybridized carbons (Fsp3) is 0.364. The first-order valence-electron chi connectivity index (χ1n) is 4.98. The Morgan fingerprint density at radius 2 is 2.27 bits per heavy atom. The van der Waals surface area contributed by atoms with Crippen molar-refractivity contribution in [3.05, 3.63) is 34.3 Å². The highest BCUT2D eigenvalue weighted by Crippen LogP contribution is 2.21. The monoisotopic (exact) mass is 224 g/mol. The highest BCUT2D eigenvalue weighted by Gasteiger charge is 2.15.